The van der Waals surface area contributed by atoms with Gasteiger partial charge < -0.3 is 19.2 Å². The molecule has 2 saturated carbocycles. The minimum Gasteiger partial charge on any atom is -0.478 e. The zero-order chi connectivity index (χ0) is 32.8. The monoisotopic (exact) mass is 635 g/mol. The number of carboxylic acid groups (broad SMARTS) is 1. The number of fused-ring (bicyclic) bond motifs is 2. The number of rotatable bonds is 11. The Morgan fingerprint density at radius 3 is 2.36 bits per heavy atom. The van der Waals surface area contributed by atoms with E-state index in [1.807, 2.05) is 24.4 Å². The number of benzene rings is 3. The van der Waals surface area contributed by atoms with Crippen LogP contribution < -0.4 is 14.8 Å². The Labute approximate surface area is 277 Å². The van der Waals surface area contributed by atoms with Crippen LogP contribution >= 0.6 is 0 Å². The van der Waals surface area contributed by atoms with Crippen molar-refractivity contribution in [2.24, 2.45) is 11.8 Å². The molecule has 0 bridgehead atoms. The second-order valence-corrected chi connectivity index (χ2v) is 13.3. The Hall–Kier alpha value is -4.39. The molecule has 0 radical (unpaired) electrons. The van der Waals surface area contributed by atoms with E-state index in [9.17, 15) is 14.7 Å². The standard InChI is InChI=1S/C40H46N2O5/c1-3-41(26-29-12-6-4-7-13-29)31-18-20-35-37(24-31)47-38-25-32(42(22-23-46-28(2)43)27-30-14-8-5-9-15-30)19-21-36(38)39(35)33-16-10-11-17-34(33)40(44)45/h3,10-11,16-21,24-25,29-30H,1,4-9,12-15,22-23,26-27H2,2H3/p+1. The van der Waals surface area contributed by atoms with Crippen LogP contribution in [0.15, 0.2) is 77.9 Å². The summed E-state index contributed by atoms with van der Waals surface area (Å²) in [5.41, 5.74) is 4.30. The number of ether oxygens (including phenoxy) is 1. The van der Waals surface area contributed by atoms with E-state index in [1.54, 1.807) is 12.1 Å². The SMILES string of the molecule is C=CN(CC1CCCCC1)c1ccc2c(-c3ccccc3C(=O)O)c3ccc(=[N+](CCOC(C)=O)CC4CCCCC4)cc-3oc2c1. The van der Waals surface area contributed by atoms with Crippen molar-refractivity contribution in [2.45, 2.75) is 71.1 Å². The molecule has 0 spiro atoms. The molecule has 0 atom stereocenters. The average molecular weight is 636 g/mol. The number of hydrogen-bond donors (Lipinski definition) is 1. The molecule has 1 N–H and O–H groups in total. The summed E-state index contributed by atoms with van der Waals surface area (Å²) in [6, 6.07) is 19.6. The van der Waals surface area contributed by atoms with Gasteiger partial charge in [0.2, 0.25) is 5.36 Å². The number of aromatic carboxylic acids is 1. The van der Waals surface area contributed by atoms with Crippen LogP contribution in [-0.2, 0) is 9.53 Å². The summed E-state index contributed by atoms with van der Waals surface area (Å²) in [7, 11) is 0. The lowest BCUT2D eigenvalue weighted by molar-refractivity contribution is -0.140. The van der Waals surface area contributed by atoms with Crippen molar-refractivity contribution in [2.75, 3.05) is 31.1 Å². The summed E-state index contributed by atoms with van der Waals surface area (Å²) in [5, 5.41) is 12.0. The first-order valence-electron chi connectivity index (χ1n) is 17.3. The predicted molar refractivity (Wildman–Crippen MR) is 188 cm³/mol. The largest absolute Gasteiger partial charge is 0.478 e. The van der Waals surface area contributed by atoms with Gasteiger partial charge in [-0.2, -0.15) is 0 Å². The lowest BCUT2D eigenvalue weighted by atomic mass is 9.88. The second kappa shape index (κ2) is 15.0. The van der Waals surface area contributed by atoms with Gasteiger partial charge in [-0.25, -0.2) is 9.37 Å². The molecule has 4 aliphatic rings. The number of carbonyl (C=O) groups excluding carboxylic acids is 1. The molecule has 246 valence electrons. The number of hydrogen-bond acceptors (Lipinski definition) is 5. The molecular formula is C40H47N2O5+. The van der Waals surface area contributed by atoms with Gasteiger partial charge in [0, 0.05) is 53.7 Å². The van der Waals surface area contributed by atoms with E-state index in [0.717, 1.165) is 40.6 Å². The van der Waals surface area contributed by atoms with Gasteiger partial charge in [-0.15, -0.1) is 0 Å². The maximum absolute atomic E-state index is 12.4. The van der Waals surface area contributed by atoms with Crippen molar-refractivity contribution in [3.05, 3.63) is 84.4 Å². The highest BCUT2D eigenvalue weighted by Gasteiger charge is 2.25. The molecule has 2 aromatic rings. The van der Waals surface area contributed by atoms with E-state index in [0.29, 0.717) is 41.9 Å². The number of esters is 1. The molecular weight excluding hydrogens is 588 g/mol. The van der Waals surface area contributed by atoms with Crippen LogP contribution in [0.1, 0.15) is 81.5 Å². The molecule has 6 rings (SSSR count). The fraction of sp³-hybridized carbons (Fsp3) is 0.425. The fourth-order valence-electron chi connectivity index (χ4n) is 7.66. The Morgan fingerprint density at radius 1 is 0.936 bits per heavy atom. The first-order chi connectivity index (χ1) is 22.9. The van der Waals surface area contributed by atoms with Crippen LogP contribution in [0, 0.1) is 11.8 Å². The zero-order valence-corrected chi connectivity index (χ0v) is 27.6. The second-order valence-electron chi connectivity index (χ2n) is 13.3. The molecule has 47 heavy (non-hydrogen) atoms. The quantitative estimate of drug-likeness (QED) is 0.101. The van der Waals surface area contributed by atoms with Crippen LogP contribution in [0.5, 0.6) is 0 Å². The zero-order valence-electron chi connectivity index (χ0n) is 27.6. The van der Waals surface area contributed by atoms with Gasteiger partial charge in [0.1, 0.15) is 24.5 Å². The molecule has 0 saturated heterocycles. The maximum atomic E-state index is 12.4. The van der Waals surface area contributed by atoms with E-state index in [1.165, 1.54) is 71.1 Å². The summed E-state index contributed by atoms with van der Waals surface area (Å²) >= 11 is 0. The molecule has 0 unspecified atom stereocenters. The summed E-state index contributed by atoms with van der Waals surface area (Å²) in [6.45, 7) is 8.28. The Morgan fingerprint density at radius 2 is 1.66 bits per heavy atom. The lowest BCUT2D eigenvalue weighted by Gasteiger charge is -2.29. The van der Waals surface area contributed by atoms with Crippen molar-refractivity contribution < 1.29 is 23.8 Å². The smallest absolute Gasteiger partial charge is 0.336 e. The molecule has 1 aliphatic heterocycles. The van der Waals surface area contributed by atoms with Gasteiger partial charge in [-0.3, -0.25) is 4.79 Å². The number of anilines is 1. The highest BCUT2D eigenvalue weighted by Crippen LogP contribution is 2.42. The topological polar surface area (TPSA) is 83.0 Å². The van der Waals surface area contributed by atoms with Crippen LogP contribution in [-0.4, -0.2) is 43.3 Å². The third-order valence-electron chi connectivity index (χ3n) is 10.1. The van der Waals surface area contributed by atoms with Crippen LogP contribution in [0.2, 0.25) is 0 Å². The van der Waals surface area contributed by atoms with E-state index in [-0.39, 0.29) is 11.5 Å². The minimum absolute atomic E-state index is 0.250. The van der Waals surface area contributed by atoms with Crippen molar-refractivity contribution >= 4 is 28.6 Å². The van der Waals surface area contributed by atoms with E-state index in [2.05, 4.69) is 46.4 Å². The van der Waals surface area contributed by atoms with Gasteiger partial charge >= 0.3 is 11.9 Å². The normalized spacial score (nSPS) is 16.6. The van der Waals surface area contributed by atoms with Crippen LogP contribution in [0.4, 0.5) is 5.69 Å². The van der Waals surface area contributed by atoms with Gasteiger partial charge in [0.15, 0.2) is 6.54 Å². The van der Waals surface area contributed by atoms with E-state index < -0.39 is 5.97 Å². The van der Waals surface area contributed by atoms with Gasteiger partial charge in [0.05, 0.1) is 11.6 Å². The van der Waals surface area contributed by atoms with Crippen molar-refractivity contribution in [3.8, 4) is 22.5 Å². The molecule has 1 heterocycles. The minimum atomic E-state index is -0.967. The average Bonchev–Trinajstić information content (AvgIpc) is 3.09. The molecule has 7 heteroatoms. The van der Waals surface area contributed by atoms with E-state index in [4.69, 9.17) is 9.15 Å². The molecule has 0 amide bonds. The Kier molecular flexibility index (Phi) is 10.4. The lowest BCUT2D eigenvalue weighted by Crippen LogP contribution is -2.37. The third kappa shape index (κ3) is 7.61. The first kappa shape index (κ1) is 32.5. The third-order valence-corrected chi connectivity index (χ3v) is 10.1. The molecule has 0 aromatic heterocycles. The van der Waals surface area contributed by atoms with Crippen LogP contribution in [0.3, 0.4) is 0 Å². The maximum Gasteiger partial charge on any atom is 0.336 e. The van der Waals surface area contributed by atoms with Crippen LogP contribution in [0.25, 0.3) is 33.4 Å². The molecule has 2 aromatic carbocycles. The summed E-state index contributed by atoms with van der Waals surface area (Å²) in [5.74, 6) is 0.650. The predicted octanol–water partition coefficient (Wildman–Crippen LogP) is 8.35. The van der Waals surface area contributed by atoms with Crippen molar-refractivity contribution in [3.63, 3.8) is 0 Å². The summed E-state index contributed by atoms with van der Waals surface area (Å²) < 4.78 is 14.4. The highest BCUT2D eigenvalue weighted by molar-refractivity contribution is 6.07. The van der Waals surface area contributed by atoms with E-state index >= 15 is 0 Å². The number of nitrogens with zero attached hydrogens (tertiary/aromatic N) is 2. The Bertz CT molecular complexity index is 1780. The van der Waals surface area contributed by atoms with Gasteiger partial charge in [-0.05, 0) is 67.6 Å². The molecule has 7 nitrogen and oxygen atoms in total. The molecule has 3 aliphatic carbocycles. The first-order valence-corrected chi connectivity index (χ1v) is 17.3. The van der Waals surface area contributed by atoms with Gasteiger partial charge in [-0.1, -0.05) is 63.3 Å². The highest BCUT2D eigenvalue weighted by atomic mass is 16.5. The fourth-order valence-corrected chi connectivity index (χ4v) is 7.66. The number of carboxylic acids is 1. The summed E-state index contributed by atoms with van der Waals surface area (Å²) in [4.78, 5) is 26.3. The van der Waals surface area contributed by atoms with Crippen molar-refractivity contribution in [1.82, 2.24) is 4.58 Å². The molecule has 2 fully saturated rings. The Balaban J connectivity index is 1.52. The summed E-state index contributed by atoms with van der Waals surface area (Å²) in [6.07, 6.45) is 14.4. The van der Waals surface area contributed by atoms with Crippen molar-refractivity contribution in [1.29, 1.82) is 0 Å². The van der Waals surface area contributed by atoms with Gasteiger partial charge in [0.25, 0.3) is 0 Å². The number of carbonyl (C=O) groups is 2.